The normalized spacial score (nSPS) is 15.4. The van der Waals surface area contributed by atoms with Gasteiger partial charge in [-0.2, -0.15) is 0 Å². The van der Waals surface area contributed by atoms with E-state index >= 15 is 0 Å². The molecule has 1 saturated carbocycles. The highest BCUT2D eigenvalue weighted by molar-refractivity contribution is 7.90. The number of hydrogen-bond donors (Lipinski definition) is 2. The highest BCUT2D eigenvalue weighted by Gasteiger charge is 2.29. The molecule has 2 N–H and O–H groups in total. The molecule has 1 aliphatic rings. The topological polar surface area (TPSA) is 110 Å². The summed E-state index contributed by atoms with van der Waals surface area (Å²) >= 11 is 0. The largest absolute Gasteiger partial charge is 0.494 e. The minimum Gasteiger partial charge on any atom is -0.494 e. The molecule has 138 valence electrons. The molecule has 1 atom stereocenters. The molecule has 1 unspecified atom stereocenters. The minimum absolute atomic E-state index is 0.176. The lowest BCUT2D eigenvalue weighted by Gasteiger charge is -2.14. The van der Waals surface area contributed by atoms with Crippen molar-refractivity contribution in [2.45, 2.75) is 43.0 Å². The van der Waals surface area contributed by atoms with Crippen molar-refractivity contribution < 1.29 is 27.9 Å². The molecule has 0 radical (unpaired) electrons. The van der Waals surface area contributed by atoms with E-state index in [0.717, 1.165) is 19.1 Å². The van der Waals surface area contributed by atoms with Gasteiger partial charge < -0.3 is 15.2 Å². The molecule has 1 aliphatic carbocycles. The Balaban J connectivity index is 1.69. The van der Waals surface area contributed by atoms with Crippen LogP contribution in [0.5, 0.6) is 5.75 Å². The highest BCUT2D eigenvalue weighted by atomic mass is 32.2. The van der Waals surface area contributed by atoms with Gasteiger partial charge in [-0.15, -0.1) is 0 Å². The quantitative estimate of drug-likeness (QED) is 0.607. The number of hydrogen-bond acceptors (Lipinski definition) is 5. The number of benzene rings is 1. The number of carbonyl (C=O) groups is 2. The Bertz CT molecular complexity index is 709. The van der Waals surface area contributed by atoms with Crippen LogP contribution in [0.3, 0.4) is 0 Å². The van der Waals surface area contributed by atoms with Crippen molar-refractivity contribution in [3.05, 3.63) is 24.3 Å². The van der Waals surface area contributed by atoms with Crippen LogP contribution >= 0.6 is 0 Å². The molecular weight excluding hydrogens is 346 g/mol. The number of amides is 1. The molecule has 0 heterocycles. The summed E-state index contributed by atoms with van der Waals surface area (Å²) in [5.74, 6) is -0.365. The summed E-state index contributed by atoms with van der Waals surface area (Å²) in [5.41, 5.74) is 0. The van der Waals surface area contributed by atoms with Crippen LogP contribution in [-0.2, 0) is 19.4 Å². The van der Waals surface area contributed by atoms with Crippen LogP contribution in [0.15, 0.2) is 29.2 Å². The Morgan fingerprint density at radius 2 is 1.92 bits per heavy atom. The van der Waals surface area contributed by atoms with E-state index in [1.807, 2.05) is 0 Å². The summed E-state index contributed by atoms with van der Waals surface area (Å²) in [6.45, 7) is 0.284. The number of sulfone groups is 1. The van der Waals surface area contributed by atoms with Crippen LogP contribution in [0.4, 0.5) is 0 Å². The molecule has 1 aromatic carbocycles. The molecule has 0 spiro atoms. The summed E-state index contributed by atoms with van der Waals surface area (Å²) in [5, 5.41) is 11.7. The van der Waals surface area contributed by atoms with Crippen LogP contribution in [0.25, 0.3) is 0 Å². The summed E-state index contributed by atoms with van der Waals surface area (Å²) in [6, 6.07) is 5.24. The predicted octanol–water partition coefficient (Wildman–Crippen LogP) is 1.62. The van der Waals surface area contributed by atoms with E-state index < -0.39 is 21.8 Å². The molecule has 0 aliphatic heterocycles. The van der Waals surface area contributed by atoms with Crippen molar-refractivity contribution >= 4 is 21.7 Å². The van der Waals surface area contributed by atoms with Crippen LogP contribution in [0.2, 0.25) is 0 Å². The van der Waals surface area contributed by atoms with Gasteiger partial charge in [-0.25, -0.2) is 13.2 Å². The van der Waals surface area contributed by atoms with Gasteiger partial charge in [-0.3, -0.25) is 4.79 Å². The van der Waals surface area contributed by atoms with Gasteiger partial charge in [0.25, 0.3) is 0 Å². The van der Waals surface area contributed by atoms with E-state index in [1.165, 1.54) is 12.1 Å². The molecule has 0 aromatic heterocycles. The van der Waals surface area contributed by atoms with Gasteiger partial charge in [0.15, 0.2) is 9.84 Å². The van der Waals surface area contributed by atoms with Gasteiger partial charge in [-0.1, -0.05) is 12.8 Å². The molecular formula is C17H23NO6S. The second-order valence-corrected chi connectivity index (χ2v) is 8.35. The van der Waals surface area contributed by atoms with Crippen molar-refractivity contribution in [2.24, 2.45) is 5.92 Å². The summed E-state index contributed by atoms with van der Waals surface area (Å²) < 4.78 is 28.2. The lowest BCUT2D eigenvalue weighted by atomic mass is 10.1. The van der Waals surface area contributed by atoms with Gasteiger partial charge in [0.05, 0.1) is 11.5 Å². The van der Waals surface area contributed by atoms with E-state index in [4.69, 9.17) is 9.84 Å². The van der Waals surface area contributed by atoms with Gasteiger partial charge in [0, 0.05) is 12.7 Å². The van der Waals surface area contributed by atoms with Crippen LogP contribution < -0.4 is 10.1 Å². The van der Waals surface area contributed by atoms with Gasteiger partial charge in [0.2, 0.25) is 5.91 Å². The van der Waals surface area contributed by atoms with Crippen LogP contribution in [0, 0.1) is 5.92 Å². The first kappa shape index (κ1) is 19.2. The first-order valence-corrected chi connectivity index (χ1v) is 10.1. The van der Waals surface area contributed by atoms with Gasteiger partial charge in [-0.05, 0) is 43.0 Å². The Labute approximate surface area is 147 Å². The maximum absolute atomic E-state index is 11.8. The Kier molecular flexibility index (Phi) is 6.41. The van der Waals surface area contributed by atoms with Crippen molar-refractivity contribution in [3.63, 3.8) is 0 Å². The minimum atomic E-state index is -3.24. The summed E-state index contributed by atoms with van der Waals surface area (Å²) in [7, 11) is -3.24. The summed E-state index contributed by atoms with van der Waals surface area (Å²) in [4.78, 5) is 23.2. The molecule has 1 aromatic rings. The van der Waals surface area contributed by atoms with Crippen molar-refractivity contribution in [2.75, 3.05) is 12.9 Å². The van der Waals surface area contributed by atoms with Crippen molar-refractivity contribution in [1.82, 2.24) is 5.32 Å². The third kappa shape index (κ3) is 6.74. The fourth-order valence-corrected chi connectivity index (χ4v) is 3.01. The fourth-order valence-electron chi connectivity index (χ4n) is 2.38. The number of rotatable bonds is 10. The SMILES string of the molecule is CS(=O)(=O)c1ccc(OCCCC(=O)NC(CC2CC2)C(=O)O)cc1. The number of carboxylic acid groups (broad SMARTS) is 1. The average molecular weight is 369 g/mol. The number of ether oxygens (including phenoxy) is 1. The second-order valence-electron chi connectivity index (χ2n) is 6.33. The predicted molar refractivity (Wildman–Crippen MR) is 91.2 cm³/mol. The molecule has 1 amide bonds. The lowest BCUT2D eigenvalue weighted by Crippen LogP contribution is -2.41. The maximum Gasteiger partial charge on any atom is 0.326 e. The maximum atomic E-state index is 11.8. The molecule has 25 heavy (non-hydrogen) atoms. The number of carbonyl (C=O) groups excluding carboxylic acids is 1. The first-order valence-electron chi connectivity index (χ1n) is 8.21. The van der Waals surface area contributed by atoms with Gasteiger partial charge in [0.1, 0.15) is 11.8 Å². The molecule has 2 rings (SSSR count). The Morgan fingerprint density at radius 3 is 2.44 bits per heavy atom. The monoisotopic (exact) mass is 369 g/mol. The van der Waals surface area contributed by atoms with E-state index in [-0.39, 0.29) is 23.8 Å². The van der Waals surface area contributed by atoms with Crippen molar-refractivity contribution in [3.8, 4) is 5.75 Å². The molecule has 8 heteroatoms. The molecule has 7 nitrogen and oxygen atoms in total. The number of aliphatic carboxylic acids is 1. The van der Waals surface area contributed by atoms with Crippen LogP contribution in [-0.4, -0.2) is 44.3 Å². The first-order chi connectivity index (χ1) is 11.8. The zero-order valence-electron chi connectivity index (χ0n) is 14.1. The number of nitrogens with one attached hydrogen (secondary N) is 1. The second kappa shape index (κ2) is 8.33. The smallest absolute Gasteiger partial charge is 0.326 e. The summed E-state index contributed by atoms with van der Waals surface area (Å²) in [6.07, 6.45) is 4.31. The standard InChI is InChI=1S/C17H23NO6S/c1-25(22,23)14-8-6-13(7-9-14)24-10-2-3-16(19)18-15(17(20)21)11-12-4-5-12/h6-9,12,15H,2-5,10-11H2,1H3,(H,18,19)(H,20,21). The number of carboxylic acids is 1. The van der Waals surface area contributed by atoms with E-state index in [0.29, 0.717) is 24.5 Å². The van der Waals surface area contributed by atoms with Gasteiger partial charge >= 0.3 is 5.97 Å². The van der Waals surface area contributed by atoms with Crippen molar-refractivity contribution in [1.29, 1.82) is 0 Å². The Morgan fingerprint density at radius 1 is 1.28 bits per heavy atom. The lowest BCUT2D eigenvalue weighted by molar-refractivity contribution is -0.142. The highest BCUT2D eigenvalue weighted by Crippen LogP contribution is 2.33. The van der Waals surface area contributed by atoms with Crippen LogP contribution in [0.1, 0.15) is 32.1 Å². The van der Waals surface area contributed by atoms with E-state index in [2.05, 4.69) is 5.32 Å². The zero-order valence-corrected chi connectivity index (χ0v) is 14.9. The fraction of sp³-hybridized carbons (Fsp3) is 0.529. The Hall–Kier alpha value is -2.09. The molecule has 0 bridgehead atoms. The zero-order chi connectivity index (χ0) is 18.4. The third-order valence-corrected chi connectivity index (χ3v) is 5.10. The molecule has 0 saturated heterocycles. The van der Waals surface area contributed by atoms with E-state index in [1.54, 1.807) is 12.1 Å². The average Bonchev–Trinajstić information content (AvgIpc) is 3.34. The molecule has 1 fully saturated rings. The third-order valence-electron chi connectivity index (χ3n) is 3.97. The van der Waals surface area contributed by atoms with E-state index in [9.17, 15) is 18.0 Å².